The van der Waals surface area contributed by atoms with E-state index in [1.54, 1.807) is 6.26 Å². The van der Waals surface area contributed by atoms with E-state index in [2.05, 4.69) is 0 Å². The second kappa shape index (κ2) is 4.26. The third-order valence-corrected chi connectivity index (χ3v) is 4.18. The first kappa shape index (κ1) is 11.5. The second-order valence-corrected chi connectivity index (χ2v) is 5.26. The standard InChI is InChI=1S/C13H20O4/c14-12(11-2-1-7-15-10-11)3-5-13(6-4-12)16-8-9-17-13/h10,14H,1-9H2. The lowest BCUT2D eigenvalue weighted by atomic mass is 9.75. The molecule has 0 atom stereocenters. The van der Waals surface area contributed by atoms with Crippen LogP contribution in [0.4, 0.5) is 0 Å². The predicted octanol–water partition coefficient (Wildman–Crippen LogP) is 1.73. The molecule has 1 N–H and O–H groups in total. The summed E-state index contributed by atoms with van der Waals surface area (Å²) in [6, 6.07) is 0. The van der Waals surface area contributed by atoms with Gasteiger partial charge in [-0.2, -0.15) is 0 Å². The highest BCUT2D eigenvalue weighted by molar-refractivity contribution is 5.18. The Bertz CT molecular complexity index is 307. The summed E-state index contributed by atoms with van der Waals surface area (Å²) in [6.45, 7) is 2.14. The molecule has 0 unspecified atom stereocenters. The first-order chi connectivity index (χ1) is 8.23. The van der Waals surface area contributed by atoms with Crippen molar-refractivity contribution in [1.29, 1.82) is 0 Å². The highest BCUT2D eigenvalue weighted by atomic mass is 16.7. The lowest BCUT2D eigenvalue weighted by Crippen LogP contribution is -2.45. The molecule has 2 aliphatic heterocycles. The Morgan fingerprint density at radius 1 is 1.00 bits per heavy atom. The van der Waals surface area contributed by atoms with Gasteiger partial charge in [0.15, 0.2) is 5.79 Å². The molecule has 4 nitrogen and oxygen atoms in total. The van der Waals surface area contributed by atoms with E-state index in [9.17, 15) is 5.11 Å². The average Bonchev–Trinajstić information content (AvgIpc) is 2.84. The van der Waals surface area contributed by atoms with Crippen molar-refractivity contribution in [3.8, 4) is 0 Å². The Morgan fingerprint density at radius 2 is 1.71 bits per heavy atom. The second-order valence-electron chi connectivity index (χ2n) is 5.26. The van der Waals surface area contributed by atoms with Crippen LogP contribution >= 0.6 is 0 Å². The van der Waals surface area contributed by atoms with Crippen molar-refractivity contribution in [2.24, 2.45) is 0 Å². The fraction of sp³-hybridized carbons (Fsp3) is 0.846. The van der Waals surface area contributed by atoms with Crippen molar-refractivity contribution < 1.29 is 19.3 Å². The number of ether oxygens (including phenoxy) is 3. The number of hydrogen-bond donors (Lipinski definition) is 1. The van der Waals surface area contributed by atoms with E-state index in [0.717, 1.165) is 37.9 Å². The van der Waals surface area contributed by atoms with Crippen LogP contribution in [0, 0.1) is 0 Å². The molecule has 3 rings (SSSR count). The van der Waals surface area contributed by atoms with Gasteiger partial charge in [-0.15, -0.1) is 0 Å². The van der Waals surface area contributed by atoms with Crippen LogP contribution in [-0.2, 0) is 14.2 Å². The van der Waals surface area contributed by atoms with Crippen LogP contribution in [0.25, 0.3) is 0 Å². The van der Waals surface area contributed by atoms with Crippen LogP contribution in [-0.4, -0.2) is 36.3 Å². The third-order valence-electron chi connectivity index (χ3n) is 4.18. The van der Waals surface area contributed by atoms with Gasteiger partial charge in [-0.05, 0) is 31.3 Å². The number of aliphatic hydroxyl groups is 1. The van der Waals surface area contributed by atoms with Crippen LogP contribution in [0.1, 0.15) is 38.5 Å². The van der Waals surface area contributed by atoms with Crippen molar-refractivity contribution in [1.82, 2.24) is 0 Å². The van der Waals surface area contributed by atoms with Crippen LogP contribution in [0.3, 0.4) is 0 Å². The SMILES string of the molecule is OC1(C2=COCCC2)CCC2(CC1)OCCO2. The summed E-state index contributed by atoms with van der Waals surface area (Å²) in [4.78, 5) is 0. The summed E-state index contributed by atoms with van der Waals surface area (Å²) in [5.74, 6) is -0.400. The average molecular weight is 240 g/mol. The van der Waals surface area contributed by atoms with Crippen molar-refractivity contribution in [2.45, 2.75) is 49.9 Å². The molecule has 1 aliphatic carbocycles. The third kappa shape index (κ3) is 2.09. The molecule has 0 aromatic rings. The maximum atomic E-state index is 10.7. The topological polar surface area (TPSA) is 47.9 Å². The zero-order valence-electron chi connectivity index (χ0n) is 10.1. The van der Waals surface area contributed by atoms with Gasteiger partial charge in [0.05, 0.1) is 31.7 Å². The van der Waals surface area contributed by atoms with E-state index in [1.807, 2.05) is 0 Å². The van der Waals surface area contributed by atoms with Gasteiger partial charge in [0.1, 0.15) is 0 Å². The van der Waals surface area contributed by atoms with Crippen LogP contribution in [0.15, 0.2) is 11.8 Å². The molecule has 2 heterocycles. The Hall–Kier alpha value is -0.580. The van der Waals surface area contributed by atoms with Gasteiger partial charge in [-0.3, -0.25) is 0 Å². The summed E-state index contributed by atoms with van der Waals surface area (Å²) >= 11 is 0. The summed E-state index contributed by atoms with van der Waals surface area (Å²) < 4.78 is 16.7. The number of rotatable bonds is 1. The molecular weight excluding hydrogens is 220 g/mol. The lowest BCUT2D eigenvalue weighted by molar-refractivity contribution is -0.198. The van der Waals surface area contributed by atoms with E-state index < -0.39 is 11.4 Å². The van der Waals surface area contributed by atoms with Crippen LogP contribution < -0.4 is 0 Å². The highest BCUT2D eigenvalue weighted by Gasteiger charge is 2.47. The Balaban J connectivity index is 1.68. The van der Waals surface area contributed by atoms with Gasteiger partial charge in [0.2, 0.25) is 0 Å². The molecule has 0 bridgehead atoms. The summed E-state index contributed by atoms with van der Waals surface area (Å²) in [6.07, 6.45) is 6.70. The molecular formula is C13H20O4. The zero-order valence-corrected chi connectivity index (χ0v) is 10.1. The van der Waals surface area contributed by atoms with Gasteiger partial charge in [-0.1, -0.05) is 0 Å². The van der Waals surface area contributed by atoms with Crippen molar-refractivity contribution >= 4 is 0 Å². The van der Waals surface area contributed by atoms with Gasteiger partial charge in [-0.25, -0.2) is 0 Å². The molecule has 17 heavy (non-hydrogen) atoms. The number of hydrogen-bond acceptors (Lipinski definition) is 4. The molecule has 4 heteroatoms. The summed E-state index contributed by atoms with van der Waals surface area (Å²) in [7, 11) is 0. The minimum Gasteiger partial charge on any atom is -0.501 e. The fourth-order valence-corrected chi connectivity index (χ4v) is 3.06. The van der Waals surface area contributed by atoms with Crippen LogP contribution in [0.2, 0.25) is 0 Å². The molecule has 0 aromatic heterocycles. The molecule has 2 fully saturated rings. The first-order valence-corrected chi connectivity index (χ1v) is 6.54. The van der Waals surface area contributed by atoms with Gasteiger partial charge < -0.3 is 19.3 Å². The minimum atomic E-state index is -0.693. The lowest BCUT2D eigenvalue weighted by Gasteiger charge is -2.42. The molecule has 3 aliphatic rings. The molecule has 1 saturated carbocycles. The first-order valence-electron chi connectivity index (χ1n) is 6.54. The predicted molar refractivity (Wildman–Crippen MR) is 61.3 cm³/mol. The fourth-order valence-electron chi connectivity index (χ4n) is 3.06. The normalized spacial score (nSPS) is 31.0. The highest BCUT2D eigenvalue weighted by Crippen LogP contribution is 2.44. The van der Waals surface area contributed by atoms with E-state index in [-0.39, 0.29) is 0 Å². The Morgan fingerprint density at radius 3 is 2.29 bits per heavy atom. The van der Waals surface area contributed by atoms with Gasteiger partial charge >= 0.3 is 0 Å². The minimum absolute atomic E-state index is 0.400. The maximum absolute atomic E-state index is 10.7. The van der Waals surface area contributed by atoms with Crippen molar-refractivity contribution in [3.05, 3.63) is 11.8 Å². The molecule has 1 spiro atoms. The van der Waals surface area contributed by atoms with E-state index in [4.69, 9.17) is 14.2 Å². The van der Waals surface area contributed by atoms with E-state index in [1.165, 1.54) is 0 Å². The molecule has 0 radical (unpaired) electrons. The quantitative estimate of drug-likeness (QED) is 0.758. The van der Waals surface area contributed by atoms with Gasteiger partial charge in [0, 0.05) is 12.8 Å². The maximum Gasteiger partial charge on any atom is 0.168 e. The smallest absolute Gasteiger partial charge is 0.168 e. The van der Waals surface area contributed by atoms with Crippen molar-refractivity contribution in [2.75, 3.05) is 19.8 Å². The Labute approximate surface area is 102 Å². The van der Waals surface area contributed by atoms with Crippen LogP contribution in [0.5, 0.6) is 0 Å². The van der Waals surface area contributed by atoms with Crippen molar-refractivity contribution in [3.63, 3.8) is 0 Å². The Kier molecular flexibility index (Phi) is 2.89. The summed E-state index contributed by atoms with van der Waals surface area (Å²) in [5, 5.41) is 10.7. The van der Waals surface area contributed by atoms with E-state index >= 15 is 0 Å². The largest absolute Gasteiger partial charge is 0.501 e. The van der Waals surface area contributed by atoms with Gasteiger partial charge in [0.25, 0.3) is 0 Å². The molecule has 0 aromatic carbocycles. The molecule has 0 amide bonds. The summed E-state index contributed by atoms with van der Waals surface area (Å²) in [5.41, 5.74) is 0.359. The molecule has 96 valence electrons. The monoisotopic (exact) mass is 240 g/mol. The molecule has 1 saturated heterocycles. The van der Waals surface area contributed by atoms with E-state index in [0.29, 0.717) is 26.1 Å². The zero-order chi connectivity index (χ0) is 11.8.